The monoisotopic (exact) mass is 276 g/mol. The second-order valence-corrected chi connectivity index (χ2v) is 3.33. The SMILES string of the molecule is N#CCc1cc(O)c(C(F)F)nc1CBr. The number of hydrogen-bond acceptors (Lipinski definition) is 3. The first-order valence-electron chi connectivity index (χ1n) is 4.02. The molecule has 1 aromatic rings. The minimum atomic E-state index is -2.82. The average Bonchev–Trinajstić information content (AvgIpc) is 2.18. The zero-order chi connectivity index (χ0) is 11.4. The van der Waals surface area contributed by atoms with Gasteiger partial charge < -0.3 is 5.11 Å². The van der Waals surface area contributed by atoms with Crippen molar-refractivity contribution in [2.75, 3.05) is 0 Å². The van der Waals surface area contributed by atoms with Crippen molar-refractivity contribution in [3.8, 4) is 11.8 Å². The molecule has 1 aromatic heterocycles. The van der Waals surface area contributed by atoms with Crippen LogP contribution < -0.4 is 0 Å². The maximum atomic E-state index is 12.4. The predicted octanol–water partition coefficient (Wildman–Crippen LogP) is 2.69. The fourth-order valence-corrected chi connectivity index (χ4v) is 1.60. The molecule has 0 aliphatic rings. The average molecular weight is 277 g/mol. The van der Waals surface area contributed by atoms with Gasteiger partial charge in [-0.3, -0.25) is 0 Å². The third kappa shape index (κ3) is 2.63. The lowest BCUT2D eigenvalue weighted by molar-refractivity contribution is 0.141. The molecular weight excluding hydrogens is 270 g/mol. The summed E-state index contributed by atoms with van der Waals surface area (Å²) >= 11 is 3.09. The van der Waals surface area contributed by atoms with E-state index in [4.69, 9.17) is 5.26 Å². The van der Waals surface area contributed by atoms with Crippen molar-refractivity contribution in [3.05, 3.63) is 23.0 Å². The molecule has 0 atom stereocenters. The van der Waals surface area contributed by atoms with Gasteiger partial charge in [0.05, 0.1) is 18.2 Å². The largest absolute Gasteiger partial charge is 0.506 e. The number of hydrogen-bond donors (Lipinski definition) is 1. The molecule has 0 radical (unpaired) electrons. The minimum Gasteiger partial charge on any atom is -0.506 e. The number of pyridine rings is 1. The van der Waals surface area contributed by atoms with Crippen LogP contribution in [0.15, 0.2) is 6.07 Å². The second kappa shape index (κ2) is 5.03. The number of nitriles is 1. The first-order valence-corrected chi connectivity index (χ1v) is 5.15. The topological polar surface area (TPSA) is 56.9 Å². The van der Waals surface area contributed by atoms with Gasteiger partial charge in [0.15, 0.2) is 0 Å². The van der Waals surface area contributed by atoms with Crippen molar-refractivity contribution in [2.24, 2.45) is 0 Å². The molecule has 1 heterocycles. The number of rotatable bonds is 3. The molecule has 0 fully saturated rings. The van der Waals surface area contributed by atoms with E-state index < -0.39 is 17.9 Å². The van der Waals surface area contributed by atoms with Crippen LogP contribution in [0.25, 0.3) is 0 Å². The molecule has 15 heavy (non-hydrogen) atoms. The molecule has 0 bridgehead atoms. The lowest BCUT2D eigenvalue weighted by Gasteiger charge is -2.08. The van der Waals surface area contributed by atoms with E-state index in [0.29, 0.717) is 11.3 Å². The van der Waals surface area contributed by atoms with Crippen LogP contribution in [-0.4, -0.2) is 10.1 Å². The van der Waals surface area contributed by atoms with Crippen molar-refractivity contribution >= 4 is 15.9 Å². The summed E-state index contributed by atoms with van der Waals surface area (Å²) in [6.07, 6.45) is -2.79. The van der Waals surface area contributed by atoms with Crippen molar-refractivity contribution < 1.29 is 13.9 Å². The molecule has 0 saturated heterocycles. The molecule has 1 rings (SSSR count). The van der Waals surface area contributed by atoms with Crippen LogP contribution in [0.4, 0.5) is 8.78 Å². The highest BCUT2D eigenvalue weighted by molar-refractivity contribution is 9.08. The van der Waals surface area contributed by atoms with E-state index in [2.05, 4.69) is 20.9 Å². The van der Waals surface area contributed by atoms with Gasteiger partial charge in [0.2, 0.25) is 0 Å². The van der Waals surface area contributed by atoms with E-state index in [9.17, 15) is 13.9 Å². The van der Waals surface area contributed by atoms with Gasteiger partial charge in [-0.2, -0.15) is 5.26 Å². The molecule has 0 saturated carbocycles. The first-order chi connectivity index (χ1) is 7.10. The number of alkyl halides is 3. The van der Waals surface area contributed by atoms with Crippen LogP contribution in [0, 0.1) is 11.3 Å². The normalized spacial score (nSPS) is 10.3. The Hall–Kier alpha value is -1.22. The number of halogens is 3. The maximum absolute atomic E-state index is 12.4. The van der Waals surface area contributed by atoms with E-state index in [-0.39, 0.29) is 11.8 Å². The molecule has 0 aromatic carbocycles. The van der Waals surface area contributed by atoms with Gasteiger partial charge >= 0.3 is 0 Å². The molecule has 1 N–H and O–H groups in total. The van der Waals surface area contributed by atoms with Gasteiger partial charge in [0.25, 0.3) is 6.43 Å². The Morgan fingerprint density at radius 3 is 2.73 bits per heavy atom. The third-order valence-corrected chi connectivity index (χ3v) is 2.33. The second-order valence-electron chi connectivity index (χ2n) is 2.77. The Morgan fingerprint density at radius 1 is 1.60 bits per heavy atom. The molecular formula is C9H7BrF2N2O. The van der Waals surface area contributed by atoms with Crippen molar-refractivity contribution in [3.63, 3.8) is 0 Å². The highest BCUT2D eigenvalue weighted by atomic mass is 79.9. The van der Waals surface area contributed by atoms with E-state index in [1.165, 1.54) is 0 Å². The summed E-state index contributed by atoms with van der Waals surface area (Å²) in [6.45, 7) is 0. The van der Waals surface area contributed by atoms with Crippen LogP contribution in [-0.2, 0) is 11.8 Å². The van der Waals surface area contributed by atoms with Crippen molar-refractivity contribution in [1.29, 1.82) is 5.26 Å². The number of aromatic hydroxyl groups is 1. The molecule has 80 valence electrons. The standard InChI is InChI=1S/C9H7BrF2N2O/c10-4-6-5(1-2-13)3-7(15)8(14-6)9(11)12/h3,9,15H,1,4H2. The van der Waals surface area contributed by atoms with E-state index in [1.54, 1.807) is 0 Å². The summed E-state index contributed by atoms with van der Waals surface area (Å²) in [5, 5.41) is 18.0. The summed E-state index contributed by atoms with van der Waals surface area (Å²) in [5.74, 6) is -0.569. The predicted molar refractivity (Wildman–Crippen MR) is 52.8 cm³/mol. The van der Waals surface area contributed by atoms with Crippen LogP contribution in [0.2, 0.25) is 0 Å². The smallest absolute Gasteiger partial charge is 0.284 e. The van der Waals surface area contributed by atoms with Crippen LogP contribution in [0.1, 0.15) is 23.4 Å². The lowest BCUT2D eigenvalue weighted by atomic mass is 10.1. The van der Waals surface area contributed by atoms with E-state index in [1.807, 2.05) is 6.07 Å². The maximum Gasteiger partial charge on any atom is 0.284 e. The fraction of sp³-hybridized carbons (Fsp3) is 0.333. The molecule has 3 nitrogen and oxygen atoms in total. The summed E-state index contributed by atoms with van der Waals surface area (Å²) < 4.78 is 24.7. The highest BCUT2D eigenvalue weighted by Gasteiger charge is 2.17. The van der Waals surface area contributed by atoms with E-state index >= 15 is 0 Å². The summed E-state index contributed by atoms with van der Waals surface area (Å²) in [5.41, 5.74) is 0.159. The summed E-state index contributed by atoms with van der Waals surface area (Å²) in [4.78, 5) is 3.61. The Morgan fingerprint density at radius 2 is 2.27 bits per heavy atom. The van der Waals surface area contributed by atoms with Crippen molar-refractivity contribution in [1.82, 2.24) is 4.98 Å². The zero-order valence-corrected chi connectivity index (χ0v) is 9.13. The van der Waals surface area contributed by atoms with Crippen LogP contribution >= 0.6 is 15.9 Å². The highest BCUT2D eigenvalue weighted by Crippen LogP contribution is 2.28. The van der Waals surface area contributed by atoms with Crippen LogP contribution in [0.5, 0.6) is 5.75 Å². The van der Waals surface area contributed by atoms with Crippen molar-refractivity contribution in [2.45, 2.75) is 18.2 Å². The van der Waals surface area contributed by atoms with Gasteiger partial charge in [-0.1, -0.05) is 15.9 Å². The number of aromatic nitrogens is 1. The van der Waals surface area contributed by atoms with Gasteiger partial charge in [0, 0.05) is 5.33 Å². The van der Waals surface area contributed by atoms with Crippen LogP contribution in [0.3, 0.4) is 0 Å². The lowest BCUT2D eigenvalue weighted by Crippen LogP contribution is -2.00. The van der Waals surface area contributed by atoms with Gasteiger partial charge in [-0.15, -0.1) is 0 Å². The fourth-order valence-electron chi connectivity index (χ4n) is 1.11. The molecule has 0 amide bonds. The summed E-state index contributed by atoms with van der Waals surface area (Å²) in [6, 6.07) is 3.04. The van der Waals surface area contributed by atoms with Gasteiger partial charge in [0.1, 0.15) is 11.4 Å². The molecule has 0 unspecified atom stereocenters. The Kier molecular flexibility index (Phi) is 3.97. The molecule has 0 aliphatic carbocycles. The molecule has 6 heteroatoms. The number of nitrogens with zero attached hydrogens (tertiary/aromatic N) is 2. The Balaban J connectivity index is 3.24. The van der Waals surface area contributed by atoms with E-state index in [0.717, 1.165) is 6.07 Å². The molecule has 0 aliphatic heterocycles. The first kappa shape index (κ1) is 11.9. The van der Waals surface area contributed by atoms with Gasteiger partial charge in [-0.05, 0) is 11.6 Å². The van der Waals surface area contributed by atoms with Gasteiger partial charge in [-0.25, -0.2) is 13.8 Å². The zero-order valence-electron chi connectivity index (χ0n) is 7.54. The minimum absolute atomic E-state index is 0.0327. The molecule has 0 spiro atoms. The third-order valence-electron chi connectivity index (χ3n) is 1.80. The Bertz CT molecular complexity index is 404. The quantitative estimate of drug-likeness (QED) is 0.864. The Labute approximate surface area is 93.5 Å². The summed E-state index contributed by atoms with van der Waals surface area (Å²) in [7, 11) is 0.